The van der Waals surface area contributed by atoms with Crippen molar-refractivity contribution in [2.24, 2.45) is 0 Å². The van der Waals surface area contributed by atoms with E-state index >= 15 is 0 Å². The van der Waals surface area contributed by atoms with Crippen molar-refractivity contribution in [2.75, 3.05) is 13.1 Å². The third-order valence-electron chi connectivity index (χ3n) is 3.15. The molecule has 4 nitrogen and oxygen atoms in total. The highest BCUT2D eigenvalue weighted by molar-refractivity contribution is 6.32. The molecule has 0 spiro atoms. The average molecular weight is 296 g/mol. The molecular weight excluding hydrogens is 283 g/mol. The summed E-state index contributed by atoms with van der Waals surface area (Å²) >= 11 is 5.61. The molecule has 0 aliphatic carbocycles. The Morgan fingerprint density at radius 2 is 1.95 bits per heavy atom. The van der Waals surface area contributed by atoms with Crippen LogP contribution >= 0.6 is 11.6 Å². The fourth-order valence-electron chi connectivity index (χ4n) is 2.05. The molecule has 1 fully saturated rings. The summed E-state index contributed by atoms with van der Waals surface area (Å²) in [5.74, 6) is -0.228. The lowest BCUT2D eigenvalue weighted by Gasteiger charge is -2.15. The molecule has 1 aliphatic rings. The summed E-state index contributed by atoms with van der Waals surface area (Å²) in [7, 11) is 0. The van der Waals surface area contributed by atoms with Gasteiger partial charge in [-0.2, -0.15) is 18.3 Å². The van der Waals surface area contributed by atoms with Crippen LogP contribution in [0.2, 0.25) is 5.02 Å². The smallest absolute Gasteiger partial charge is 0.341 e. The van der Waals surface area contributed by atoms with E-state index in [9.17, 15) is 18.0 Å². The van der Waals surface area contributed by atoms with Gasteiger partial charge in [-0.1, -0.05) is 11.6 Å². The maximum atomic E-state index is 12.6. The van der Waals surface area contributed by atoms with Gasteiger partial charge in [-0.25, -0.2) is 0 Å². The minimum absolute atomic E-state index is 0.154. The monoisotopic (exact) mass is 295 g/mol. The van der Waals surface area contributed by atoms with Gasteiger partial charge in [0.1, 0.15) is 6.54 Å². The summed E-state index contributed by atoms with van der Waals surface area (Å²) in [5, 5.41) is 2.96. The molecular formula is C11H13ClF3N3O. The fourth-order valence-corrected chi connectivity index (χ4v) is 2.30. The SMILES string of the molecule is Cc1c(Cl)c(C(F)(F)F)nn1CC(=O)N1CCCC1. The maximum Gasteiger partial charge on any atom is 0.436 e. The number of carbonyl (C=O) groups excluding carboxylic acids is 1. The molecule has 106 valence electrons. The molecule has 0 atom stereocenters. The molecule has 0 bridgehead atoms. The van der Waals surface area contributed by atoms with Gasteiger partial charge in [-0.05, 0) is 19.8 Å². The molecule has 1 saturated heterocycles. The molecule has 2 heterocycles. The predicted molar refractivity (Wildman–Crippen MR) is 62.8 cm³/mol. The van der Waals surface area contributed by atoms with Crippen molar-refractivity contribution >= 4 is 17.5 Å². The Labute approximate surface area is 113 Å². The van der Waals surface area contributed by atoms with Crippen LogP contribution in [-0.2, 0) is 17.5 Å². The van der Waals surface area contributed by atoms with Crippen LogP contribution in [0.25, 0.3) is 0 Å². The second-order valence-corrected chi connectivity index (χ2v) is 4.87. The predicted octanol–water partition coefficient (Wildman–Crippen LogP) is 2.49. The van der Waals surface area contributed by atoms with E-state index < -0.39 is 16.9 Å². The Balaban J connectivity index is 2.19. The topological polar surface area (TPSA) is 38.1 Å². The summed E-state index contributed by atoms with van der Waals surface area (Å²) < 4.78 is 38.9. The zero-order valence-corrected chi connectivity index (χ0v) is 11.1. The van der Waals surface area contributed by atoms with Crippen molar-refractivity contribution in [1.82, 2.24) is 14.7 Å². The van der Waals surface area contributed by atoms with E-state index in [0.717, 1.165) is 17.5 Å². The summed E-state index contributed by atoms with van der Waals surface area (Å²) in [5.41, 5.74) is -0.984. The van der Waals surface area contributed by atoms with Crippen LogP contribution in [-0.4, -0.2) is 33.7 Å². The lowest BCUT2D eigenvalue weighted by molar-refractivity contribution is -0.142. The molecule has 2 rings (SSSR count). The number of likely N-dealkylation sites (tertiary alicyclic amines) is 1. The van der Waals surface area contributed by atoms with Crippen molar-refractivity contribution in [3.05, 3.63) is 16.4 Å². The Morgan fingerprint density at radius 3 is 2.42 bits per heavy atom. The molecule has 0 saturated carbocycles. The highest BCUT2D eigenvalue weighted by atomic mass is 35.5. The Bertz CT molecular complexity index is 492. The number of hydrogen-bond donors (Lipinski definition) is 0. The Hall–Kier alpha value is -1.24. The lowest BCUT2D eigenvalue weighted by Crippen LogP contribution is -2.31. The maximum absolute atomic E-state index is 12.6. The highest BCUT2D eigenvalue weighted by Crippen LogP contribution is 2.35. The first-order valence-electron chi connectivity index (χ1n) is 5.88. The van der Waals surface area contributed by atoms with Gasteiger partial charge in [0.15, 0.2) is 5.69 Å². The van der Waals surface area contributed by atoms with E-state index in [1.54, 1.807) is 4.90 Å². The Kier molecular flexibility index (Phi) is 3.75. The van der Waals surface area contributed by atoms with E-state index in [-0.39, 0.29) is 18.1 Å². The van der Waals surface area contributed by atoms with Crippen molar-refractivity contribution < 1.29 is 18.0 Å². The van der Waals surface area contributed by atoms with E-state index in [2.05, 4.69) is 5.10 Å². The van der Waals surface area contributed by atoms with Gasteiger partial charge in [-0.15, -0.1) is 0 Å². The second kappa shape index (κ2) is 5.03. The number of nitrogens with zero attached hydrogens (tertiary/aromatic N) is 3. The average Bonchev–Trinajstić information content (AvgIpc) is 2.91. The summed E-state index contributed by atoms with van der Waals surface area (Å²) in [6.45, 7) is 2.52. The molecule has 0 unspecified atom stereocenters. The first-order chi connectivity index (χ1) is 8.80. The van der Waals surface area contributed by atoms with Crippen molar-refractivity contribution in [2.45, 2.75) is 32.5 Å². The van der Waals surface area contributed by atoms with Crippen LogP contribution in [0.4, 0.5) is 13.2 Å². The summed E-state index contributed by atoms with van der Waals surface area (Å²) in [4.78, 5) is 13.5. The van der Waals surface area contributed by atoms with Crippen LogP contribution in [0.5, 0.6) is 0 Å². The van der Waals surface area contributed by atoms with Gasteiger partial charge in [0.05, 0.1) is 10.7 Å². The van der Waals surface area contributed by atoms with E-state index in [1.807, 2.05) is 0 Å². The van der Waals surface area contributed by atoms with Gasteiger partial charge in [0.25, 0.3) is 0 Å². The number of aromatic nitrogens is 2. The molecule has 0 radical (unpaired) electrons. The van der Waals surface area contributed by atoms with Crippen LogP contribution in [0, 0.1) is 6.92 Å². The van der Waals surface area contributed by atoms with Gasteiger partial charge in [0, 0.05) is 13.1 Å². The quantitative estimate of drug-likeness (QED) is 0.841. The largest absolute Gasteiger partial charge is 0.436 e. The molecule has 8 heteroatoms. The zero-order chi connectivity index (χ0) is 14.2. The van der Waals surface area contributed by atoms with Crippen molar-refractivity contribution in [3.8, 4) is 0 Å². The number of carbonyl (C=O) groups is 1. The van der Waals surface area contributed by atoms with Gasteiger partial charge in [-0.3, -0.25) is 9.48 Å². The molecule has 1 aromatic rings. The highest BCUT2D eigenvalue weighted by Gasteiger charge is 2.38. The minimum atomic E-state index is -4.61. The lowest BCUT2D eigenvalue weighted by atomic mass is 10.3. The van der Waals surface area contributed by atoms with Crippen molar-refractivity contribution in [1.29, 1.82) is 0 Å². The molecule has 1 amide bonds. The van der Waals surface area contributed by atoms with Crippen LogP contribution in [0.3, 0.4) is 0 Å². The second-order valence-electron chi connectivity index (χ2n) is 4.49. The van der Waals surface area contributed by atoms with Crippen LogP contribution < -0.4 is 0 Å². The van der Waals surface area contributed by atoms with Crippen molar-refractivity contribution in [3.63, 3.8) is 0 Å². The minimum Gasteiger partial charge on any atom is -0.341 e. The van der Waals surface area contributed by atoms with E-state index in [1.165, 1.54) is 6.92 Å². The number of amides is 1. The number of rotatable bonds is 2. The third kappa shape index (κ3) is 2.86. The number of halogens is 4. The fraction of sp³-hybridized carbons (Fsp3) is 0.636. The van der Waals surface area contributed by atoms with Crippen LogP contribution in [0.1, 0.15) is 24.2 Å². The summed E-state index contributed by atoms with van der Waals surface area (Å²) in [6.07, 6.45) is -2.75. The van der Waals surface area contributed by atoms with E-state index in [0.29, 0.717) is 13.1 Å². The van der Waals surface area contributed by atoms with E-state index in [4.69, 9.17) is 11.6 Å². The van der Waals surface area contributed by atoms with Gasteiger partial charge < -0.3 is 4.90 Å². The first-order valence-corrected chi connectivity index (χ1v) is 6.26. The molecule has 0 aromatic carbocycles. The first kappa shape index (κ1) is 14.2. The molecule has 0 N–H and O–H groups in total. The normalized spacial score (nSPS) is 16.2. The molecule has 19 heavy (non-hydrogen) atoms. The number of hydrogen-bond acceptors (Lipinski definition) is 2. The molecule has 1 aliphatic heterocycles. The molecule has 1 aromatic heterocycles. The van der Waals surface area contributed by atoms with Crippen LogP contribution in [0.15, 0.2) is 0 Å². The van der Waals surface area contributed by atoms with Gasteiger partial charge >= 0.3 is 6.18 Å². The summed E-state index contributed by atoms with van der Waals surface area (Å²) in [6, 6.07) is 0. The third-order valence-corrected chi connectivity index (χ3v) is 3.60. The van der Waals surface area contributed by atoms with Gasteiger partial charge in [0.2, 0.25) is 5.91 Å². The number of alkyl halides is 3. The zero-order valence-electron chi connectivity index (χ0n) is 10.3. The standard InChI is InChI=1S/C11H13ClF3N3O/c1-7-9(12)10(11(13,14)15)16-18(7)6-8(19)17-4-2-3-5-17/h2-6H2,1H3. The Morgan fingerprint density at radius 1 is 1.37 bits per heavy atom.